The maximum atomic E-state index is 12.9. The highest BCUT2D eigenvalue weighted by Gasteiger charge is 2.32. The van der Waals surface area contributed by atoms with Crippen molar-refractivity contribution in [2.75, 3.05) is 18.4 Å². The SMILES string of the molecule is Cc1ccccc1CS(=O)(=O)N1CCC[C@H](C(=O)Nc2cccc(Br)c2)C1. The predicted molar refractivity (Wildman–Crippen MR) is 111 cm³/mol. The van der Waals surface area contributed by atoms with Gasteiger partial charge in [0.1, 0.15) is 0 Å². The zero-order chi connectivity index (χ0) is 19.4. The molecule has 1 fully saturated rings. The van der Waals surface area contributed by atoms with Crippen molar-refractivity contribution >= 4 is 37.5 Å². The number of halogens is 1. The number of carbonyl (C=O) groups excluding carboxylic acids is 1. The zero-order valence-electron chi connectivity index (χ0n) is 15.2. The fraction of sp³-hybridized carbons (Fsp3) is 0.350. The van der Waals surface area contributed by atoms with E-state index in [9.17, 15) is 13.2 Å². The van der Waals surface area contributed by atoms with Crippen molar-refractivity contribution in [2.45, 2.75) is 25.5 Å². The molecule has 2 aromatic carbocycles. The molecule has 2 aromatic rings. The molecule has 0 spiro atoms. The number of anilines is 1. The monoisotopic (exact) mass is 450 g/mol. The Hall–Kier alpha value is -1.70. The molecule has 0 bridgehead atoms. The van der Waals surface area contributed by atoms with Crippen molar-refractivity contribution in [3.05, 3.63) is 64.1 Å². The van der Waals surface area contributed by atoms with Crippen molar-refractivity contribution in [1.82, 2.24) is 4.31 Å². The van der Waals surface area contributed by atoms with Crippen molar-refractivity contribution in [3.63, 3.8) is 0 Å². The van der Waals surface area contributed by atoms with Crippen LogP contribution in [0.15, 0.2) is 53.0 Å². The molecule has 0 aliphatic carbocycles. The number of amides is 1. The number of nitrogens with one attached hydrogen (secondary N) is 1. The molecule has 0 radical (unpaired) electrons. The number of hydrogen-bond donors (Lipinski definition) is 1. The third-order valence-electron chi connectivity index (χ3n) is 4.84. The van der Waals surface area contributed by atoms with E-state index in [0.717, 1.165) is 15.6 Å². The molecule has 1 heterocycles. The van der Waals surface area contributed by atoms with Crippen LogP contribution in [-0.4, -0.2) is 31.7 Å². The van der Waals surface area contributed by atoms with Gasteiger partial charge in [-0.2, -0.15) is 0 Å². The minimum absolute atomic E-state index is 0.0281. The summed E-state index contributed by atoms with van der Waals surface area (Å²) in [5, 5.41) is 2.89. The summed E-state index contributed by atoms with van der Waals surface area (Å²) >= 11 is 3.38. The average Bonchev–Trinajstić information content (AvgIpc) is 2.64. The van der Waals surface area contributed by atoms with E-state index in [1.54, 1.807) is 0 Å². The Morgan fingerprint density at radius 3 is 2.74 bits per heavy atom. The van der Waals surface area contributed by atoms with Gasteiger partial charge in [0.15, 0.2) is 0 Å². The maximum Gasteiger partial charge on any atom is 0.228 e. The van der Waals surface area contributed by atoms with Gasteiger partial charge in [-0.05, 0) is 49.1 Å². The highest BCUT2D eigenvalue weighted by atomic mass is 79.9. The highest BCUT2D eigenvalue weighted by molar-refractivity contribution is 9.10. The standard InChI is InChI=1S/C20H23BrN2O3S/c1-15-6-2-3-7-17(15)14-27(25,26)23-11-5-8-16(13-23)20(24)22-19-10-4-9-18(21)12-19/h2-4,6-7,9-10,12,16H,5,8,11,13-14H2,1H3,(H,22,24)/t16-/m0/s1. The third kappa shape index (κ3) is 5.18. The Morgan fingerprint density at radius 1 is 1.22 bits per heavy atom. The molecule has 7 heteroatoms. The smallest absolute Gasteiger partial charge is 0.228 e. The van der Waals surface area contributed by atoms with E-state index >= 15 is 0 Å². The second kappa shape index (κ2) is 8.54. The maximum absolute atomic E-state index is 12.9. The molecule has 1 aliphatic rings. The molecule has 27 heavy (non-hydrogen) atoms. The van der Waals surface area contributed by atoms with Crippen LogP contribution in [0.25, 0.3) is 0 Å². The van der Waals surface area contributed by atoms with Crippen molar-refractivity contribution < 1.29 is 13.2 Å². The molecule has 0 unspecified atom stereocenters. The van der Waals surface area contributed by atoms with Crippen molar-refractivity contribution in [1.29, 1.82) is 0 Å². The average molecular weight is 451 g/mol. The lowest BCUT2D eigenvalue weighted by atomic mass is 9.99. The first kappa shape index (κ1) is 20.0. The van der Waals surface area contributed by atoms with Gasteiger partial charge in [-0.3, -0.25) is 4.79 Å². The Labute approximate surface area is 169 Å². The normalized spacial score (nSPS) is 18.2. The molecule has 1 aliphatic heterocycles. The molecule has 5 nitrogen and oxygen atoms in total. The minimum Gasteiger partial charge on any atom is -0.326 e. The van der Waals surface area contributed by atoms with Gasteiger partial charge < -0.3 is 5.32 Å². The molecule has 0 saturated carbocycles. The second-order valence-corrected chi connectivity index (χ2v) is 9.76. The molecule has 144 valence electrons. The second-order valence-electron chi connectivity index (χ2n) is 6.88. The predicted octanol–water partition coefficient (Wildman–Crippen LogP) is 3.94. The Balaban J connectivity index is 1.68. The van der Waals surface area contributed by atoms with E-state index in [1.165, 1.54) is 4.31 Å². The first-order valence-corrected chi connectivity index (χ1v) is 11.3. The third-order valence-corrected chi connectivity index (χ3v) is 7.13. The summed E-state index contributed by atoms with van der Waals surface area (Å²) in [5.74, 6) is -0.507. The lowest BCUT2D eigenvalue weighted by molar-refractivity contribution is -0.120. The number of hydrogen-bond acceptors (Lipinski definition) is 3. The van der Waals surface area contributed by atoms with Gasteiger partial charge in [-0.25, -0.2) is 12.7 Å². The summed E-state index contributed by atoms with van der Waals surface area (Å²) < 4.78 is 28.1. The summed E-state index contributed by atoms with van der Waals surface area (Å²) in [6, 6.07) is 14.9. The van der Waals surface area contributed by atoms with Gasteiger partial charge in [-0.15, -0.1) is 0 Å². The summed E-state index contributed by atoms with van der Waals surface area (Å²) in [4.78, 5) is 12.6. The minimum atomic E-state index is -3.46. The van der Waals surface area contributed by atoms with E-state index in [2.05, 4.69) is 21.2 Å². The summed E-state index contributed by atoms with van der Waals surface area (Å²) in [7, 11) is -3.46. The number of sulfonamides is 1. The van der Waals surface area contributed by atoms with Crippen LogP contribution in [0.4, 0.5) is 5.69 Å². The zero-order valence-corrected chi connectivity index (χ0v) is 17.6. The van der Waals surface area contributed by atoms with Crippen LogP contribution in [0.1, 0.15) is 24.0 Å². The van der Waals surface area contributed by atoms with E-state index in [4.69, 9.17) is 0 Å². The fourth-order valence-electron chi connectivity index (χ4n) is 3.28. The Morgan fingerprint density at radius 2 is 2.00 bits per heavy atom. The van der Waals surface area contributed by atoms with Crippen molar-refractivity contribution in [2.24, 2.45) is 5.92 Å². The number of benzene rings is 2. The van der Waals surface area contributed by atoms with Gasteiger partial charge in [0.2, 0.25) is 15.9 Å². The number of rotatable bonds is 5. The van der Waals surface area contributed by atoms with Crippen LogP contribution in [0.3, 0.4) is 0 Å². The fourth-order valence-corrected chi connectivity index (χ4v) is 5.39. The van der Waals surface area contributed by atoms with E-state index in [0.29, 0.717) is 25.1 Å². The molecule has 1 amide bonds. The van der Waals surface area contributed by atoms with E-state index in [1.807, 2.05) is 55.5 Å². The largest absolute Gasteiger partial charge is 0.326 e. The van der Waals surface area contributed by atoms with Gasteiger partial charge in [0.25, 0.3) is 0 Å². The Kier molecular flexibility index (Phi) is 6.34. The number of piperidine rings is 1. The molecule has 3 rings (SSSR count). The Bertz CT molecular complexity index is 930. The first-order valence-electron chi connectivity index (χ1n) is 8.94. The van der Waals surface area contributed by atoms with Crippen LogP contribution in [0.5, 0.6) is 0 Å². The lowest BCUT2D eigenvalue weighted by Gasteiger charge is -2.31. The van der Waals surface area contributed by atoms with Gasteiger partial charge in [-0.1, -0.05) is 46.3 Å². The number of carbonyl (C=O) groups is 1. The molecule has 1 saturated heterocycles. The van der Waals surface area contributed by atoms with Gasteiger partial charge in [0.05, 0.1) is 11.7 Å². The van der Waals surface area contributed by atoms with E-state index in [-0.39, 0.29) is 24.1 Å². The summed E-state index contributed by atoms with van der Waals surface area (Å²) in [5.41, 5.74) is 2.47. The topological polar surface area (TPSA) is 66.5 Å². The summed E-state index contributed by atoms with van der Waals surface area (Å²) in [6.07, 6.45) is 1.37. The quantitative estimate of drug-likeness (QED) is 0.749. The van der Waals surface area contributed by atoms with Crippen LogP contribution in [-0.2, 0) is 20.6 Å². The van der Waals surface area contributed by atoms with Crippen molar-refractivity contribution in [3.8, 4) is 0 Å². The summed E-state index contributed by atoms with van der Waals surface area (Å²) in [6.45, 7) is 2.61. The van der Waals surface area contributed by atoms with Crippen LogP contribution < -0.4 is 5.32 Å². The first-order chi connectivity index (χ1) is 12.8. The molecule has 0 aromatic heterocycles. The molecule has 1 N–H and O–H groups in total. The lowest BCUT2D eigenvalue weighted by Crippen LogP contribution is -2.44. The number of aryl methyl sites for hydroxylation is 1. The molecule has 1 atom stereocenters. The van der Waals surface area contributed by atoms with Crippen LogP contribution >= 0.6 is 15.9 Å². The highest BCUT2D eigenvalue weighted by Crippen LogP contribution is 2.24. The molecular weight excluding hydrogens is 428 g/mol. The number of nitrogens with zero attached hydrogens (tertiary/aromatic N) is 1. The van der Waals surface area contributed by atoms with Gasteiger partial charge >= 0.3 is 0 Å². The van der Waals surface area contributed by atoms with Gasteiger partial charge in [0, 0.05) is 23.2 Å². The van der Waals surface area contributed by atoms with E-state index < -0.39 is 10.0 Å². The molecular formula is C20H23BrN2O3S. The van der Waals surface area contributed by atoms with Crippen LogP contribution in [0, 0.1) is 12.8 Å². The van der Waals surface area contributed by atoms with Crippen LogP contribution in [0.2, 0.25) is 0 Å².